The predicted molar refractivity (Wildman–Crippen MR) is 93.9 cm³/mol. The van der Waals surface area contributed by atoms with Crippen LogP contribution in [0.2, 0.25) is 10.0 Å². The van der Waals surface area contributed by atoms with Crippen LogP contribution in [0.5, 0.6) is 5.75 Å². The van der Waals surface area contributed by atoms with E-state index in [4.69, 9.17) is 27.9 Å². The van der Waals surface area contributed by atoms with Crippen molar-refractivity contribution in [3.8, 4) is 5.75 Å². The van der Waals surface area contributed by atoms with Crippen molar-refractivity contribution in [3.05, 3.63) is 63.6 Å². The standard InChI is InChI=1S/C17H11Cl2F7N2O/c18-13-5-4-11(7-14(13)19)9-29-12-3-1-2-10(6-12)8-27-28-17(25,26)15(20,21)16(22,23)24/h1-8,28H,9H2/b27-8+. The number of ether oxygens (including phenoxy) is 1. The Hall–Kier alpha value is -2.20. The minimum atomic E-state index is -6.45. The van der Waals surface area contributed by atoms with Crippen LogP contribution in [0.25, 0.3) is 0 Å². The Balaban J connectivity index is 2.03. The van der Waals surface area contributed by atoms with Crippen molar-refractivity contribution in [3.63, 3.8) is 0 Å². The summed E-state index contributed by atoms with van der Waals surface area (Å²) in [5, 5.41) is 3.45. The van der Waals surface area contributed by atoms with E-state index in [1.807, 2.05) is 0 Å². The monoisotopic (exact) mass is 462 g/mol. The second-order valence-electron chi connectivity index (χ2n) is 5.63. The maximum Gasteiger partial charge on any atom is 0.462 e. The third kappa shape index (κ3) is 5.66. The molecule has 0 atom stereocenters. The van der Waals surface area contributed by atoms with Crippen LogP contribution in [-0.2, 0) is 6.61 Å². The number of nitrogens with zero attached hydrogens (tertiary/aromatic N) is 1. The first-order chi connectivity index (χ1) is 13.3. The summed E-state index contributed by atoms with van der Waals surface area (Å²) in [5.74, 6) is -6.05. The molecule has 0 radical (unpaired) electrons. The summed E-state index contributed by atoms with van der Waals surface area (Å²) in [6.45, 7) is 0.0750. The van der Waals surface area contributed by atoms with E-state index in [0.717, 1.165) is 0 Å². The van der Waals surface area contributed by atoms with Crippen LogP contribution >= 0.6 is 23.2 Å². The first kappa shape index (κ1) is 23.1. The van der Waals surface area contributed by atoms with E-state index in [2.05, 4.69) is 5.10 Å². The molecule has 0 saturated heterocycles. The highest BCUT2D eigenvalue weighted by molar-refractivity contribution is 6.42. The molecular formula is C17H11Cl2F7N2O. The minimum absolute atomic E-state index is 0.0750. The van der Waals surface area contributed by atoms with Crippen molar-refractivity contribution in [2.75, 3.05) is 0 Å². The van der Waals surface area contributed by atoms with Gasteiger partial charge in [0.15, 0.2) is 0 Å². The molecule has 12 heteroatoms. The van der Waals surface area contributed by atoms with Crippen LogP contribution in [0.3, 0.4) is 0 Å². The van der Waals surface area contributed by atoms with Gasteiger partial charge in [0.25, 0.3) is 0 Å². The summed E-state index contributed by atoms with van der Waals surface area (Å²) in [6.07, 6.45) is -5.80. The van der Waals surface area contributed by atoms with Gasteiger partial charge in [-0.05, 0) is 35.4 Å². The maximum atomic E-state index is 13.1. The van der Waals surface area contributed by atoms with Crippen molar-refractivity contribution < 1.29 is 35.5 Å². The highest BCUT2D eigenvalue weighted by Crippen LogP contribution is 2.45. The van der Waals surface area contributed by atoms with Crippen molar-refractivity contribution >= 4 is 29.4 Å². The molecule has 0 unspecified atom stereocenters. The molecule has 0 bridgehead atoms. The molecule has 2 rings (SSSR count). The van der Waals surface area contributed by atoms with E-state index in [1.165, 1.54) is 24.3 Å². The zero-order chi connectivity index (χ0) is 21.9. The number of rotatable bonds is 7. The third-order valence-electron chi connectivity index (χ3n) is 3.42. The molecule has 0 aliphatic carbocycles. The fourth-order valence-corrected chi connectivity index (χ4v) is 2.24. The SMILES string of the molecule is FC(F)(F)C(F)(F)C(F)(F)N/N=C/c1cccc(OCc2ccc(Cl)c(Cl)c2)c1. The van der Waals surface area contributed by atoms with E-state index < -0.39 is 18.1 Å². The fraction of sp³-hybridized carbons (Fsp3) is 0.235. The van der Waals surface area contributed by atoms with E-state index in [9.17, 15) is 30.7 Å². The number of hydrogen-bond donors (Lipinski definition) is 1. The van der Waals surface area contributed by atoms with Gasteiger partial charge in [-0.25, -0.2) is 5.43 Å². The number of nitrogens with one attached hydrogen (secondary N) is 1. The molecule has 0 saturated carbocycles. The molecular weight excluding hydrogens is 452 g/mol. The Labute approximate surface area is 170 Å². The third-order valence-corrected chi connectivity index (χ3v) is 4.16. The number of alkyl halides is 7. The van der Waals surface area contributed by atoms with Gasteiger partial charge in [0, 0.05) is 0 Å². The average molecular weight is 463 g/mol. The molecule has 0 amide bonds. The summed E-state index contributed by atoms with van der Waals surface area (Å²) >= 11 is 11.7. The first-order valence-electron chi connectivity index (χ1n) is 7.63. The molecule has 0 spiro atoms. The van der Waals surface area contributed by atoms with Crippen LogP contribution in [-0.4, -0.2) is 24.4 Å². The molecule has 2 aromatic carbocycles. The van der Waals surface area contributed by atoms with Crippen molar-refractivity contribution in [1.29, 1.82) is 0 Å². The van der Waals surface area contributed by atoms with Crippen molar-refractivity contribution in [2.24, 2.45) is 5.10 Å². The smallest absolute Gasteiger partial charge is 0.462 e. The van der Waals surface area contributed by atoms with E-state index in [-0.39, 0.29) is 17.9 Å². The van der Waals surface area contributed by atoms with Crippen LogP contribution in [0.15, 0.2) is 47.6 Å². The summed E-state index contributed by atoms with van der Waals surface area (Å²) in [7, 11) is 0. The summed E-state index contributed by atoms with van der Waals surface area (Å²) in [6, 6.07) is 4.76. The van der Waals surface area contributed by atoms with Gasteiger partial charge in [-0.3, -0.25) is 0 Å². The van der Waals surface area contributed by atoms with Gasteiger partial charge in [-0.15, -0.1) is 0 Å². The molecule has 0 aliphatic heterocycles. The quantitative estimate of drug-likeness (QED) is 0.227. The molecule has 158 valence electrons. The number of benzene rings is 2. The van der Waals surface area contributed by atoms with E-state index >= 15 is 0 Å². The zero-order valence-corrected chi connectivity index (χ0v) is 15.6. The Morgan fingerprint density at radius 2 is 1.62 bits per heavy atom. The van der Waals surface area contributed by atoms with E-state index in [0.29, 0.717) is 27.2 Å². The second-order valence-corrected chi connectivity index (χ2v) is 6.44. The van der Waals surface area contributed by atoms with Gasteiger partial charge in [0.05, 0.1) is 16.3 Å². The van der Waals surface area contributed by atoms with Gasteiger partial charge in [-0.1, -0.05) is 41.4 Å². The Kier molecular flexibility index (Phi) is 6.89. The highest BCUT2D eigenvalue weighted by atomic mass is 35.5. The molecule has 2 aromatic rings. The molecule has 3 nitrogen and oxygen atoms in total. The Morgan fingerprint density at radius 1 is 0.931 bits per heavy atom. The lowest BCUT2D eigenvalue weighted by Crippen LogP contribution is -2.58. The van der Waals surface area contributed by atoms with E-state index in [1.54, 1.807) is 18.2 Å². The second kappa shape index (κ2) is 8.66. The Morgan fingerprint density at radius 3 is 2.24 bits per heavy atom. The Bertz CT molecular complexity index is 888. The number of hydrazone groups is 1. The van der Waals surface area contributed by atoms with Crippen LogP contribution in [0.4, 0.5) is 30.7 Å². The number of halogens is 9. The lowest BCUT2D eigenvalue weighted by molar-refractivity contribution is -0.361. The first-order valence-corrected chi connectivity index (χ1v) is 8.38. The van der Waals surface area contributed by atoms with Gasteiger partial charge in [-0.2, -0.15) is 35.8 Å². The topological polar surface area (TPSA) is 33.6 Å². The largest absolute Gasteiger partial charge is 0.489 e. The van der Waals surface area contributed by atoms with Crippen molar-refractivity contribution in [2.45, 2.75) is 24.8 Å². The molecule has 1 N–H and O–H groups in total. The molecule has 0 heterocycles. The van der Waals surface area contributed by atoms with Gasteiger partial charge in [0.1, 0.15) is 12.4 Å². The highest BCUT2D eigenvalue weighted by Gasteiger charge is 2.73. The van der Waals surface area contributed by atoms with Gasteiger partial charge >= 0.3 is 18.1 Å². The average Bonchev–Trinajstić information content (AvgIpc) is 2.62. The minimum Gasteiger partial charge on any atom is -0.489 e. The van der Waals surface area contributed by atoms with Crippen LogP contribution < -0.4 is 10.2 Å². The summed E-state index contributed by atoms with van der Waals surface area (Å²) in [5.41, 5.74) is 1.32. The van der Waals surface area contributed by atoms with Gasteiger partial charge in [0.2, 0.25) is 0 Å². The predicted octanol–water partition coefficient (Wildman–Crippen LogP) is 6.29. The van der Waals surface area contributed by atoms with Crippen LogP contribution in [0.1, 0.15) is 11.1 Å². The lowest BCUT2D eigenvalue weighted by Gasteiger charge is -2.27. The molecule has 29 heavy (non-hydrogen) atoms. The number of hydrogen-bond acceptors (Lipinski definition) is 3. The lowest BCUT2D eigenvalue weighted by atomic mass is 10.2. The zero-order valence-electron chi connectivity index (χ0n) is 14.1. The fourth-order valence-electron chi connectivity index (χ4n) is 1.92. The van der Waals surface area contributed by atoms with Crippen molar-refractivity contribution in [1.82, 2.24) is 5.43 Å². The normalized spacial score (nSPS) is 13.0. The maximum absolute atomic E-state index is 13.1. The molecule has 0 aromatic heterocycles. The summed E-state index contributed by atoms with van der Waals surface area (Å²) < 4.78 is 93.4. The summed E-state index contributed by atoms with van der Waals surface area (Å²) in [4.78, 5) is 0. The molecule has 0 aliphatic rings. The van der Waals surface area contributed by atoms with Crippen LogP contribution in [0, 0.1) is 0 Å². The molecule has 0 fully saturated rings. The van der Waals surface area contributed by atoms with Gasteiger partial charge < -0.3 is 4.74 Å².